The maximum atomic E-state index is 12.4. The Kier molecular flexibility index (Phi) is 6.17. The molecule has 0 spiro atoms. The van der Waals surface area contributed by atoms with E-state index in [1.165, 1.54) is 11.8 Å². The van der Waals surface area contributed by atoms with Gasteiger partial charge in [-0.15, -0.1) is 11.8 Å². The van der Waals surface area contributed by atoms with Crippen molar-refractivity contribution >= 4 is 35.4 Å². The third-order valence-electron chi connectivity index (χ3n) is 4.56. The van der Waals surface area contributed by atoms with Crippen molar-refractivity contribution in [3.63, 3.8) is 0 Å². The molecule has 28 heavy (non-hydrogen) atoms. The van der Waals surface area contributed by atoms with Crippen molar-refractivity contribution in [3.05, 3.63) is 23.8 Å². The average Bonchev–Trinajstić information content (AvgIpc) is 2.64. The van der Waals surface area contributed by atoms with Gasteiger partial charge in [-0.25, -0.2) is 9.59 Å². The second kappa shape index (κ2) is 8.43. The molecular formula is C20H26N2O5S. The molecule has 1 fully saturated rings. The average molecular weight is 407 g/mol. The highest BCUT2D eigenvalue weighted by Crippen LogP contribution is 2.32. The quantitative estimate of drug-likeness (QED) is 0.773. The number of hydrogen-bond acceptors (Lipinski definition) is 6. The van der Waals surface area contributed by atoms with Crippen LogP contribution in [-0.2, 0) is 14.3 Å². The first-order chi connectivity index (χ1) is 13.2. The van der Waals surface area contributed by atoms with Gasteiger partial charge in [-0.05, 0) is 57.7 Å². The van der Waals surface area contributed by atoms with Crippen LogP contribution in [0.1, 0.15) is 44.0 Å². The zero-order chi connectivity index (χ0) is 20.3. The lowest BCUT2D eigenvalue weighted by Crippen LogP contribution is -2.42. The highest BCUT2D eigenvalue weighted by molar-refractivity contribution is 8.00. The van der Waals surface area contributed by atoms with Crippen LogP contribution in [0.5, 0.6) is 0 Å². The number of carbonyl (C=O) groups excluding carboxylic acids is 3. The van der Waals surface area contributed by atoms with Gasteiger partial charge in [0.05, 0.1) is 23.6 Å². The van der Waals surface area contributed by atoms with Crippen molar-refractivity contribution in [2.24, 2.45) is 5.92 Å². The fourth-order valence-electron chi connectivity index (χ4n) is 3.10. The summed E-state index contributed by atoms with van der Waals surface area (Å²) >= 11 is 1.45. The SMILES string of the molecule is CC(C)(C)OC(=O)N1CCC(COC(=O)c2ccc3c(c2)NC(=O)CS3)CC1. The van der Waals surface area contributed by atoms with Crippen LogP contribution >= 0.6 is 11.8 Å². The molecule has 0 unspecified atom stereocenters. The Labute approximate surface area is 169 Å². The Balaban J connectivity index is 1.47. The van der Waals surface area contributed by atoms with Crippen molar-refractivity contribution in [2.75, 3.05) is 30.8 Å². The predicted octanol–water partition coefficient (Wildman–Crippen LogP) is 3.53. The van der Waals surface area contributed by atoms with Crippen LogP contribution in [0, 0.1) is 5.92 Å². The summed E-state index contributed by atoms with van der Waals surface area (Å²) in [7, 11) is 0. The van der Waals surface area contributed by atoms with Crippen LogP contribution in [0.3, 0.4) is 0 Å². The van der Waals surface area contributed by atoms with E-state index in [0.717, 1.165) is 17.7 Å². The van der Waals surface area contributed by atoms with Gasteiger partial charge in [-0.1, -0.05) is 0 Å². The van der Waals surface area contributed by atoms with Gasteiger partial charge < -0.3 is 19.7 Å². The van der Waals surface area contributed by atoms with Gasteiger partial charge in [0, 0.05) is 18.0 Å². The highest BCUT2D eigenvalue weighted by atomic mass is 32.2. The molecule has 0 atom stereocenters. The van der Waals surface area contributed by atoms with Gasteiger partial charge in [0.25, 0.3) is 0 Å². The lowest BCUT2D eigenvalue weighted by Gasteiger charge is -2.33. The fraction of sp³-hybridized carbons (Fsp3) is 0.550. The minimum absolute atomic E-state index is 0.0697. The molecule has 1 aromatic rings. The number of likely N-dealkylation sites (tertiary alicyclic amines) is 1. The summed E-state index contributed by atoms with van der Waals surface area (Å²) in [4.78, 5) is 38.6. The summed E-state index contributed by atoms with van der Waals surface area (Å²) in [6.45, 7) is 7.06. The zero-order valence-corrected chi connectivity index (χ0v) is 17.3. The minimum atomic E-state index is -0.504. The molecule has 1 saturated heterocycles. The third-order valence-corrected chi connectivity index (χ3v) is 5.64. The molecule has 8 heteroatoms. The molecule has 0 saturated carbocycles. The summed E-state index contributed by atoms with van der Waals surface area (Å²) in [6.07, 6.45) is 1.24. The lowest BCUT2D eigenvalue weighted by molar-refractivity contribution is -0.113. The number of thioether (sulfide) groups is 1. The molecule has 0 aliphatic carbocycles. The molecular weight excluding hydrogens is 380 g/mol. The predicted molar refractivity (Wildman–Crippen MR) is 107 cm³/mol. The van der Waals surface area contributed by atoms with Crippen LogP contribution in [0.4, 0.5) is 10.5 Å². The Morgan fingerprint density at radius 1 is 1.25 bits per heavy atom. The van der Waals surface area contributed by atoms with E-state index in [9.17, 15) is 14.4 Å². The number of fused-ring (bicyclic) bond motifs is 1. The number of amides is 2. The van der Waals surface area contributed by atoms with Crippen molar-refractivity contribution in [3.8, 4) is 0 Å². The molecule has 2 amide bonds. The molecule has 0 aromatic heterocycles. The normalized spacial score (nSPS) is 17.5. The number of piperidine rings is 1. The van der Waals surface area contributed by atoms with Gasteiger partial charge in [-0.2, -0.15) is 0 Å². The zero-order valence-electron chi connectivity index (χ0n) is 16.4. The highest BCUT2D eigenvalue weighted by Gasteiger charge is 2.27. The summed E-state index contributed by atoms with van der Waals surface area (Å²) in [6, 6.07) is 5.21. The number of ether oxygens (including phenoxy) is 2. The lowest BCUT2D eigenvalue weighted by atomic mass is 9.98. The summed E-state index contributed by atoms with van der Waals surface area (Å²) in [5, 5.41) is 2.78. The first-order valence-electron chi connectivity index (χ1n) is 9.43. The van der Waals surface area contributed by atoms with Crippen molar-refractivity contribution in [1.82, 2.24) is 4.90 Å². The monoisotopic (exact) mass is 406 g/mol. The Morgan fingerprint density at radius 3 is 2.64 bits per heavy atom. The van der Waals surface area contributed by atoms with Crippen molar-refractivity contribution in [1.29, 1.82) is 0 Å². The van der Waals surface area contributed by atoms with Crippen molar-refractivity contribution in [2.45, 2.75) is 44.1 Å². The van der Waals surface area contributed by atoms with Crippen LogP contribution in [-0.4, -0.2) is 53.9 Å². The van der Waals surface area contributed by atoms with Gasteiger partial charge in [0.2, 0.25) is 5.91 Å². The topological polar surface area (TPSA) is 84.9 Å². The number of esters is 1. The van der Waals surface area contributed by atoms with E-state index in [1.54, 1.807) is 17.0 Å². The standard InChI is InChI=1S/C20H26N2O5S/c1-20(2,3)27-19(25)22-8-6-13(7-9-22)11-26-18(24)14-4-5-16-15(10-14)21-17(23)12-28-16/h4-5,10,13H,6-9,11-12H2,1-3H3,(H,21,23). The van der Waals surface area contributed by atoms with Crippen molar-refractivity contribution < 1.29 is 23.9 Å². The Bertz CT molecular complexity index is 766. The first-order valence-corrected chi connectivity index (χ1v) is 10.4. The van der Waals surface area contributed by atoms with Crippen LogP contribution < -0.4 is 5.32 Å². The van der Waals surface area contributed by atoms with E-state index in [-0.39, 0.29) is 17.9 Å². The smallest absolute Gasteiger partial charge is 0.410 e. The van der Waals surface area contributed by atoms with E-state index < -0.39 is 11.6 Å². The van der Waals surface area contributed by atoms with Gasteiger partial charge in [-0.3, -0.25) is 4.79 Å². The number of benzene rings is 1. The number of nitrogens with one attached hydrogen (secondary N) is 1. The molecule has 2 aliphatic heterocycles. The Morgan fingerprint density at radius 2 is 1.96 bits per heavy atom. The number of anilines is 1. The molecule has 0 radical (unpaired) electrons. The molecule has 2 heterocycles. The summed E-state index contributed by atoms with van der Waals surface area (Å²) < 4.78 is 10.9. The maximum Gasteiger partial charge on any atom is 0.410 e. The first kappa shape index (κ1) is 20.5. The largest absolute Gasteiger partial charge is 0.462 e. The maximum absolute atomic E-state index is 12.4. The fourth-order valence-corrected chi connectivity index (χ4v) is 3.88. The summed E-state index contributed by atoms with van der Waals surface area (Å²) in [5.74, 6) is 0.135. The number of hydrogen-bond donors (Lipinski definition) is 1. The molecule has 7 nitrogen and oxygen atoms in total. The number of carbonyl (C=O) groups is 3. The number of nitrogens with zero attached hydrogens (tertiary/aromatic N) is 1. The van der Waals surface area contributed by atoms with Gasteiger partial charge >= 0.3 is 12.1 Å². The summed E-state index contributed by atoms with van der Waals surface area (Å²) in [5.41, 5.74) is 0.574. The number of rotatable bonds is 3. The van der Waals surface area contributed by atoms with Crippen LogP contribution in [0.15, 0.2) is 23.1 Å². The molecule has 1 aromatic carbocycles. The van der Waals surface area contributed by atoms with E-state index in [4.69, 9.17) is 9.47 Å². The van der Waals surface area contributed by atoms with Gasteiger partial charge in [0.15, 0.2) is 0 Å². The molecule has 1 N–H and O–H groups in total. The van der Waals surface area contributed by atoms with E-state index in [2.05, 4.69) is 5.32 Å². The van der Waals surface area contributed by atoms with Crippen LogP contribution in [0.2, 0.25) is 0 Å². The Hall–Kier alpha value is -2.22. The molecule has 3 rings (SSSR count). The second-order valence-electron chi connectivity index (χ2n) is 8.06. The van der Waals surface area contributed by atoms with Crippen LogP contribution in [0.25, 0.3) is 0 Å². The second-order valence-corrected chi connectivity index (χ2v) is 9.07. The molecule has 152 valence electrons. The van der Waals surface area contributed by atoms with E-state index >= 15 is 0 Å². The minimum Gasteiger partial charge on any atom is -0.462 e. The van der Waals surface area contributed by atoms with E-state index in [0.29, 0.717) is 36.7 Å². The van der Waals surface area contributed by atoms with Gasteiger partial charge in [0.1, 0.15) is 5.60 Å². The molecule has 2 aliphatic rings. The molecule has 0 bridgehead atoms. The van der Waals surface area contributed by atoms with E-state index in [1.807, 2.05) is 26.8 Å². The third kappa shape index (κ3) is 5.41.